The minimum atomic E-state index is -0.454. The van der Waals surface area contributed by atoms with Gasteiger partial charge in [-0.15, -0.1) is 18.3 Å². The summed E-state index contributed by atoms with van der Waals surface area (Å²) in [5.41, 5.74) is 0.710. The molecule has 150 valence electrons. The Balaban J connectivity index is 1.79. The molecule has 0 bridgehead atoms. The molecule has 0 aromatic heterocycles. The maximum Gasteiger partial charge on any atom is 0.234 e. The van der Waals surface area contributed by atoms with Crippen LogP contribution in [0.2, 0.25) is 0 Å². The lowest BCUT2D eigenvalue weighted by molar-refractivity contribution is -0.125. The lowest BCUT2D eigenvalue weighted by Crippen LogP contribution is -2.56. The molecule has 8 nitrogen and oxygen atoms in total. The van der Waals surface area contributed by atoms with Crippen molar-refractivity contribution in [2.24, 2.45) is 0 Å². The van der Waals surface area contributed by atoms with Crippen LogP contribution in [0.15, 0.2) is 36.9 Å². The number of thioether (sulfide) groups is 1. The van der Waals surface area contributed by atoms with E-state index in [1.165, 1.54) is 18.7 Å². The molecule has 2 atom stereocenters. The molecule has 0 spiro atoms. The van der Waals surface area contributed by atoms with Crippen molar-refractivity contribution in [3.8, 4) is 0 Å². The zero-order valence-electron chi connectivity index (χ0n) is 15.6. The third-order valence-corrected chi connectivity index (χ3v) is 4.96. The summed E-state index contributed by atoms with van der Waals surface area (Å²) >= 11 is 1.23. The third kappa shape index (κ3) is 7.16. The smallest absolute Gasteiger partial charge is 0.234 e. The highest BCUT2D eigenvalue weighted by molar-refractivity contribution is 8.00. The molecule has 1 aromatic rings. The van der Waals surface area contributed by atoms with Crippen molar-refractivity contribution in [3.63, 3.8) is 0 Å². The minimum absolute atomic E-state index is 0.0414. The number of ketones is 1. The van der Waals surface area contributed by atoms with E-state index in [9.17, 15) is 19.2 Å². The van der Waals surface area contributed by atoms with Crippen molar-refractivity contribution >= 4 is 41.0 Å². The molecule has 0 aliphatic carbocycles. The lowest BCUT2D eigenvalue weighted by atomic mass is 10.1. The summed E-state index contributed by atoms with van der Waals surface area (Å²) in [6, 6.07) is 6.33. The molecule has 0 radical (unpaired) electrons. The molecular weight excluding hydrogens is 380 g/mol. The fraction of sp³-hybridized carbons (Fsp3) is 0.368. The van der Waals surface area contributed by atoms with Gasteiger partial charge in [0, 0.05) is 36.7 Å². The Hall–Kier alpha value is -2.65. The molecule has 1 saturated heterocycles. The van der Waals surface area contributed by atoms with Gasteiger partial charge in [-0.25, -0.2) is 0 Å². The van der Waals surface area contributed by atoms with Crippen LogP contribution >= 0.6 is 11.8 Å². The number of nitrogens with one attached hydrogen (secondary N) is 4. The number of rotatable bonds is 9. The molecule has 1 aromatic carbocycles. The largest absolute Gasteiger partial charge is 0.353 e. The Labute approximate surface area is 167 Å². The Morgan fingerprint density at radius 2 is 1.96 bits per heavy atom. The van der Waals surface area contributed by atoms with Crippen LogP contribution in [0.5, 0.6) is 0 Å². The normalized spacial score (nSPS) is 18.7. The quantitative estimate of drug-likeness (QED) is 0.361. The van der Waals surface area contributed by atoms with Gasteiger partial charge in [0.2, 0.25) is 17.7 Å². The van der Waals surface area contributed by atoms with Gasteiger partial charge >= 0.3 is 0 Å². The summed E-state index contributed by atoms with van der Waals surface area (Å²) in [4.78, 5) is 47.0. The van der Waals surface area contributed by atoms with Crippen molar-refractivity contribution in [1.29, 1.82) is 0 Å². The first kappa shape index (κ1) is 21.6. The molecule has 2 unspecified atom stereocenters. The number of benzene rings is 1. The first-order valence-corrected chi connectivity index (χ1v) is 9.87. The van der Waals surface area contributed by atoms with E-state index in [2.05, 4.69) is 27.8 Å². The molecule has 3 amide bonds. The highest BCUT2D eigenvalue weighted by atomic mass is 32.2. The highest BCUT2D eigenvalue weighted by Crippen LogP contribution is 2.15. The topological polar surface area (TPSA) is 116 Å². The summed E-state index contributed by atoms with van der Waals surface area (Å²) in [6.07, 6.45) is 1.96. The van der Waals surface area contributed by atoms with Crippen LogP contribution < -0.4 is 21.3 Å². The lowest BCUT2D eigenvalue weighted by Gasteiger charge is -2.30. The number of carbonyl (C=O) groups excluding carboxylic acids is 4. The summed E-state index contributed by atoms with van der Waals surface area (Å²) in [5, 5.41) is 11.3. The van der Waals surface area contributed by atoms with Gasteiger partial charge in [-0.05, 0) is 31.2 Å². The molecule has 0 saturated carbocycles. The van der Waals surface area contributed by atoms with Crippen LogP contribution in [-0.4, -0.2) is 47.3 Å². The van der Waals surface area contributed by atoms with E-state index in [0.717, 1.165) is 0 Å². The van der Waals surface area contributed by atoms with E-state index < -0.39 is 5.50 Å². The van der Waals surface area contributed by atoms with Gasteiger partial charge in [-0.2, -0.15) is 0 Å². The van der Waals surface area contributed by atoms with E-state index >= 15 is 0 Å². The fourth-order valence-corrected chi connectivity index (χ4v) is 3.48. The molecule has 1 aliphatic heterocycles. The van der Waals surface area contributed by atoms with Crippen molar-refractivity contribution in [1.82, 2.24) is 16.0 Å². The predicted molar refractivity (Wildman–Crippen MR) is 109 cm³/mol. The van der Waals surface area contributed by atoms with Crippen LogP contribution in [0.1, 0.15) is 30.1 Å². The van der Waals surface area contributed by atoms with Gasteiger partial charge in [0.05, 0.1) is 5.75 Å². The zero-order valence-corrected chi connectivity index (χ0v) is 16.4. The van der Waals surface area contributed by atoms with Crippen molar-refractivity contribution in [2.75, 3.05) is 17.6 Å². The molecular formula is C19H24N4O4S. The Morgan fingerprint density at radius 1 is 1.25 bits per heavy atom. The average molecular weight is 404 g/mol. The first-order chi connectivity index (χ1) is 13.4. The Morgan fingerprint density at radius 3 is 2.61 bits per heavy atom. The molecule has 1 fully saturated rings. The summed E-state index contributed by atoms with van der Waals surface area (Å²) in [6.45, 7) is 5.39. The number of hydrogen-bond donors (Lipinski definition) is 4. The van der Waals surface area contributed by atoms with Crippen molar-refractivity contribution < 1.29 is 19.2 Å². The van der Waals surface area contributed by atoms with E-state index in [1.54, 1.807) is 30.3 Å². The number of carbonyl (C=O) groups is 4. The van der Waals surface area contributed by atoms with Crippen LogP contribution in [0.4, 0.5) is 5.69 Å². The highest BCUT2D eigenvalue weighted by Gasteiger charge is 2.27. The van der Waals surface area contributed by atoms with Gasteiger partial charge in [0.25, 0.3) is 0 Å². The summed E-state index contributed by atoms with van der Waals surface area (Å²) < 4.78 is 0. The predicted octanol–water partition coefficient (Wildman–Crippen LogP) is 1.01. The van der Waals surface area contributed by atoms with Gasteiger partial charge in [0.1, 0.15) is 5.50 Å². The Kier molecular flexibility index (Phi) is 8.21. The van der Waals surface area contributed by atoms with Crippen LogP contribution in [-0.2, 0) is 14.4 Å². The van der Waals surface area contributed by atoms with Crippen LogP contribution in [0.3, 0.4) is 0 Å². The maximum absolute atomic E-state index is 12.1. The minimum Gasteiger partial charge on any atom is -0.353 e. The zero-order chi connectivity index (χ0) is 20.5. The van der Waals surface area contributed by atoms with E-state index in [1.807, 2.05) is 0 Å². The van der Waals surface area contributed by atoms with E-state index in [0.29, 0.717) is 17.8 Å². The number of Topliss-reactive ketones (excluding diaryl/α,β-unsaturated/α-hetero) is 1. The van der Waals surface area contributed by atoms with Crippen molar-refractivity contribution in [3.05, 3.63) is 42.5 Å². The average Bonchev–Trinajstić information content (AvgIpc) is 2.64. The van der Waals surface area contributed by atoms with E-state index in [4.69, 9.17) is 0 Å². The second-order valence-corrected chi connectivity index (χ2v) is 7.40. The van der Waals surface area contributed by atoms with Crippen LogP contribution in [0, 0.1) is 0 Å². The molecule has 1 heterocycles. The monoisotopic (exact) mass is 404 g/mol. The SMILES string of the molecule is C=CCNC(=O)CC1CC(=O)NC(SCC(=O)Nc2ccc(C(C)=O)cc2)N1. The number of hydrogen-bond acceptors (Lipinski definition) is 6. The molecule has 28 heavy (non-hydrogen) atoms. The summed E-state index contributed by atoms with van der Waals surface area (Å²) in [7, 11) is 0. The Bertz CT molecular complexity index is 751. The van der Waals surface area contributed by atoms with Crippen LogP contribution in [0.25, 0.3) is 0 Å². The van der Waals surface area contributed by atoms with Gasteiger partial charge in [0.15, 0.2) is 5.78 Å². The number of anilines is 1. The number of amides is 3. The van der Waals surface area contributed by atoms with Gasteiger partial charge in [-0.1, -0.05) is 6.08 Å². The third-order valence-electron chi connectivity index (χ3n) is 3.94. The second-order valence-electron chi connectivity index (χ2n) is 6.30. The van der Waals surface area contributed by atoms with Gasteiger partial charge in [-0.3, -0.25) is 24.5 Å². The van der Waals surface area contributed by atoms with E-state index in [-0.39, 0.29) is 48.1 Å². The fourth-order valence-electron chi connectivity index (χ4n) is 2.59. The molecule has 4 N–H and O–H groups in total. The molecule has 2 rings (SSSR count). The molecule has 1 aliphatic rings. The second kappa shape index (κ2) is 10.6. The summed E-state index contributed by atoms with van der Waals surface area (Å²) in [5.74, 6) is -0.495. The standard InChI is InChI=1S/C19H24N4O4S/c1-3-8-20-16(25)9-15-10-17(26)23-19(22-15)28-11-18(27)21-14-6-4-13(5-7-14)12(2)24/h3-7,15,19,22H,1,8-11H2,2H3,(H,20,25)(H,21,27)(H,23,26). The molecule has 9 heteroatoms. The van der Waals surface area contributed by atoms with Gasteiger partial charge < -0.3 is 16.0 Å². The van der Waals surface area contributed by atoms with Crippen molar-refractivity contribution in [2.45, 2.75) is 31.3 Å². The maximum atomic E-state index is 12.1. The first-order valence-electron chi connectivity index (χ1n) is 8.83.